The number of likely N-dealkylation sites (tertiary alicyclic amines) is 1. The normalized spacial score (nSPS) is 22.5. The van der Waals surface area contributed by atoms with Gasteiger partial charge in [-0.25, -0.2) is 0 Å². The summed E-state index contributed by atoms with van der Waals surface area (Å²) in [5.74, 6) is 0.662. The van der Waals surface area contributed by atoms with E-state index in [1.165, 1.54) is 0 Å². The van der Waals surface area contributed by atoms with Crippen molar-refractivity contribution in [2.45, 2.75) is 32.3 Å². The van der Waals surface area contributed by atoms with Gasteiger partial charge in [0.15, 0.2) is 11.5 Å². The van der Waals surface area contributed by atoms with Crippen molar-refractivity contribution in [3.05, 3.63) is 16.1 Å². The number of hydrogen-bond acceptors (Lipinski definition) is 6. The molecule has 2 aliphatic heterocycles. The lowest BCUT2D eigenvalue weighted by Gasteiger charge is -2.36. The smallest absolute Gasteiger partial charge is 0.255 e. The second kappa shape index (κ2) is 9.12. The fourth-order valence-electron chi connectivity index (χ4n) is 3.55. The average molecular weight is 442 g/mol. The summed E-state index contributed by atoms with van der Waals surface area (Å²) in [6.07, 6.45) is 2.73. The highest BCUT2D eigenvalue weighted by molar-refractivity contribution is 9.10. The number of aliphatic hydroxyl groups excluding tert-OH is 1. The summed E-state index contributed by atoms with van der Waals surface area (Å²) < 4.78 is 11.9. The number of nitrogens with zero attached hydrogens (tertiary/aromatic N) is 1. The summed E-state index contributed by atoms with van der Waals surface area (Å²) in [7, 11) is 0. The van der Waals surface area contributed by atoms with Crippen molar-refractivity contribution in [2.24, 2.45) is 5.92 Å². The van der Waals surface area contributed by atoms with Crippen molar-refractivity contribution in [3.63, 3.8) is 0 Å². The second-order valence-electron chi connectivity index (χ2n) is 7.16. The molecule has 1 unspecified atom stereocenters. The molecule has 0 spiro atoms. The monoisotopic (exact) mass is 441 g/mol. The minimum Gasteiger partial charge on any atom is -0.485 e. The number of halogens is 1. The van der Waals surface area contributed by atoms with Crippen molar-refractivity contribution in [1.29, 1.82) is 0 Å². The van der Waals surface area contributed by atoms with Crippen molar-refractivity contribution >= 4 is 27.5 Å². The molecule has 0 aromatic heterocycles. The number of carbonyl (C=O) groups excluding carboxylic acids is 1. The van der Waals surface area contributed by atoms with Gasteiger partial charge in [-0.15, -0.1) is 0 Å². The van der Waals surface area contributed by atoms with Gasteiger partial charge in [0.25, 0.3) is 5.91 Å². The molecule has 0 aliphatic carbocycles. The van der Waals surface area contributed by atoms with Crippen LogP contribution in [0.4, 0.5) is 5.69 Å². The number of anilines is 1. The third-order valence-corrected chi connectivity index (χ3v) is 6.00. The van der Waals surface area contributed by atoms with E-state index in [1.807, 2.05) is 0 Å². The fourth-order valence-corrected chi connectivity index (χ4v) is 3.96. The highest BCUT2D eigenvalue weighted by Crippen LogP contribution is 2.43. The molecule has 150 valence electrons. The number of β-amino-alcohol motifs (C(OH)–C–C–N with tert-alkyl or cyclic N) is 1. The first-order chi connectivity index (χ1) is 13.0. The van der Waals surface area contributed by atoms with Gasteiger partial charge in [-0.2, -0.15) is 0 Å². The predicted molar refractivity (Wildman–Crippen MR) is 107 cm³/mol. The standard InChI is InChI=1S/C19H28BrN3O4/c1-2-3-5-23-6-4-12(15(24)11-23)10-22-19(25)13-9-14(21)16(20)18-17(13)26-7-8-27-18/h9,12,15,24H,2-8,10-11,21H2,1H3,(H,22,25)/t12-,15?/m0/s1. The Balaban J connectivity index is 1.61. The number of rotatable bonds is 6. The molecule has 1 saturated heterocycles. The highest BCUT2D eigenvalue weighted by Gasteiger charge is 2.29. The lowest BCUT2D eigenvalue weighted by atomic mass is 9.93. The molecule has 3 rings (SSSR count). The Bertz CT molecular complexity index is 685. The maximum absolute atomic E-state index is 12.7. The Hall–Kier alpha value is -1.51. The van der Waals surface area contributed by atoms with Crippen molar-refractivity contribution in [2.75, 3.05) is 45.1 Å². The number of benzene rings is 1. The number of unbranched alkanes of at least 4 members (excludes halogenated alkanes) is 1. The summed E-state index contributed by atoms with van der Waals surface area (Å²) in [6.45, 7) is 6.04. The van der Waals surface area contributed by atoms with Gasteiger partial charge in [-0.1, -0.05) is 13.3 Å². The van der Waals surface area contributed by atoms with E-state index >= 15 is 0 Å². The number of piperidine rings is 1. The molecule has 1 aromatic carbocycles. The van der Waals surface area contributed by atoms with Crippen LogP contribution in [0, 0.1) is 5.92 Å². The number of fused-ring (bicyclic) bond motifs is 1. The van der Waals surface area contributed by atoms with E-state index in [4.69, 9.17) is 15.2 Å². The Morgan fingerprint density at radius 2 is 2.15 bits per heavy atom. The van der Waals surface area contributed by atoms with Gasteiger partial charge in [-0.3, -0.25) is 4.79 Å². The average Bonchev–Trinajstić information content (AvgIpc) is 2.68. The first-order valence-corrected chi connectivity index (χ1v) is 10.4. The zero-order chi connectivity index (χ0) is 19.4. The minimum absolute atomic E-state index is 0.0487. The molecule has 4 N–H and O–H groups in total. The van der Waals surface area contributed by atoms with Crippen LogP contribution in [0.2, 0.25) is 0 Å². The maximum Gasteiger partial charge on any atom is 0.255 e. The van der Waals surface area contributed by atoms with Gasteiger partial charge < -0.3 is 30.5 Å². The van der Waals surface area contributed by atoms with Crippen molar-refractivity contribution in [1.82, 2.24) is 10.2 Å². The maximum atomic E-state index is 12.7. The Morgan fingerprint density at radius 3 is 2.85 bits per heavy atom. The number of nitrogens with two attached hydrogens (primary N) is 1. The van der Waals surface area contributed by atoms with E-state index < -0.39 is 6.10 Å². The SMILES string of the molecule is CCCCN1CC[C@@H](CNC(=O)c2cc(N)c(Br)c3c2OCCO3)C(O)C1. The summed E-state index contributed by atoms with van der Waals surface area (Å²) in [4.78, 5) is 15.0. The van der Waals surface area contributed by atoms with Crippen LogP contribution in [0.15, 0.2) is 10.5 Å². The van der Waals surface area contributed by atoms with Crippen LogP contribution in [0.1, 0.15) is 36.5 Å². The third kappa shape index (κ3) is 4.67. The molecule has 1 amide bonds. The van der Waals surface area contributed by atoms with Crippen molar-refractivity contribution < 1.29 is 19.4 Å². The van der Waals surface area contributed by atoms with E-state index in [2.05, 4.69) is 33.1 Å². The van der Waals surface area contributed by atoms with Gasteiger partial charge in [0, 0.05) is 19.0 Å². The number of aliphatic hydroxyl groups is 1. The van der Waals surface area contributed by atoms with Gasteiger partial charge in [0.2, 0.25) is 0 Å². The number of nitrogen functional groups attached to an aromatic ring is 1. The summed E-state index contributed by atoms with van der Waals surface area (Å²) in [6, 6.07) is 1.59. The topological polar surface area (TPSA) is 97.1 Å². The molecule has 2 heterocycles. The third-order valence-electron chi connectivity index (χ3n) is 5.18. The van der Waals surface area contributed by atoms with Crippen LogP contribution in [0.5, 0.6) is 11.5 Å². The molecule has 0 radical (unpaired) electrons. The summed E-state index contributed by atoms with van der Waals surface area (Å²) in [5.41, 5.74) is 6.78. The molecule has 8 heteroatoms. The largest absolute Gasteiger partial charge is 0.485 e. The van der Waals surface area contributed by atoms with Gasteiger partial charge >= 0.3 is 0 Å². The molecular formula is C19H28BrN3O4. The van der Waals surface area contributed by atoms with E-state index in [9.17, 15) is 9.90 Å². The molecule has 0 bridgehead atoms. The number of ether oxygens (including phenoxy) is 2. The van der Waals surface area contributed by atoms with Crippen LogP contribution in [0.3, 0.4) is 0 Å². The summed E-state index contributed by atoms with van der Waals surface area (Å²) in [5, 5.41) is 13.4. The molecule has 2 aliphatic rings. The van der Waals surface area contributed by atoms with Gasteiger partial charge in [-0.05, 0) is 47.9 Å². The Labute approximate surface area is 168 Å². The zero-order valence-corrected chi connectivity index (χ0v) is 17.3. The van der Waals surface area contributed by atoms with Gasteiger partial charge in [0.05, 0.1) is 21.8 Å². The lowest BCUT2D eigenvalue weighted by Crippen LogP contribution is -2.47. The zero-order valence-electron chi connectivity index (χ0n) is 15.7. The molecule has 7 nitrogen and oxygen atoms in total. The van der Waals surface area contributed by atoms with E-state index in [1.54, 1.807) is 6.07 Å². The first kappa shape index (κ1) is 20.2. The highest BCUT2D eigenvalue weighted by atomic mass is 79.9. The Kier molecular flexibility index (Phi) is 6.83. The number of amides is 1. The molecule has 1 aromatic rings. The quantitative estimate of drug-likeness (QED) is 0.584. The molecule has 0 saturated carbocycles. The van der Waals surface area contributed by atoms with Crippen LogP contribution in [-0.4, -0.2) is 61.4 Å². The van der Waals surface area contributed by atoms with Crippen molar-refractivity contribution in [3.8, 4) is 11.5 Å². The van der Waals surface area contributed by atoms with E-state index in [-0.39, 0.29) is 11.8 Å². The van der Waals surface area contributed by atoms with Crippen LogP contribution in [-0.2, 0) is 0 Å². The number of hydrogen-bond donors (Lipinski definition) is 3. The number of carbonyl (C=O) groups is 1. The van der Waals surface area contributed by atoms with Crippen LogP contribution in [0.25, 0.3) is 0 Å². The predicted octanol–water partition coefficient (Wildman–Crippen LogP) is 2.02. The second-order valence-corrected chi connectivity index (χ2v) is 7.96. The minimum atomic E-state index is -0.431. The van der Waals surface area contributed by atoms with Gasteiger partial charge in [0.1, 0.15) is 13.2 Å². The fraction of sp³-hybridized carbons (Fsp3) is 0.632. The van der Waals surface area contributed by atoms with E-state index in [0.717, 1.165) is 32.4 Å². The van der Waals surface area contributed by atoms with E-state index in [0.29, 0.717) is 53.5 Å². The summed E-state index contributed by atoms with van der Waals surface area (Å²) >= 11 is 3.38. The first-order valence-electron chi connectivity index (χ1n) is 9.57. The lowest BCUT2D eigenvalue weighted by molar-refractivity contribution is 0.0217. The van der Waals surface area contributed by atoms with Crippen LogP contribution >= 0.6 is 15.9 Å². The number of nitrogens with one attached hydrogen (secondary N) is 1. The Morgan fingerprint density at radius 1 is 1.41 bits per heavy atom. The molecule has 27 heavy (non-hydrogen) atoms. The molecule has 1 fully saturated rings. The molecule has 2 atom stereocenters. The molecular weight excluding hydrogens is 414 g/mol. The van der Waals surface area contributed by atoms with Crippen LogP contribution < -0.4 is 20.5 Å².